The van der Waals surface area contributed by atoms with Gasteiger partial charge in [0, 0.05) is 12.2 Å². The monoisotopic (exact) mass is 543 g/mol. The summed E-state index contributed by atoms with van der Waals surface area (Å²) in [5.41, 5.74) is 3.19. The van der Waals surface area contributed by atoms with Gasteiger partial charge in [0.2, 0.25) is 5.91 Å². The number of nitrogens with one attached hydrogen (secondary N) is 2. The van der Waals surface area contributed by atoms with Gasteiger partial charge in [-0.3, -0.25) is 9.59 Å². The van der Waals surface area contributed by atoms with E-state index in [9.17, 15) is 19.5 Å². The van der Waals surface area contributed by atoms with E-state index in [0.29, 0.717) is 23.4 Å². The van der Waals surface area contributed by atoms with E-state index < -0.39 is 35.6 Å². The zero-order chi connectivity index (χ0) is 28.5. The zero-order valence-corrected chi connectivity index (χ0v) is 24.3. The number of aliphatic hydroxyl groups excluding tert-OH is 1. The van der Waals surface area contributed by atoms with Crippen LogP contribution >= 0.6 is 11.8 Å². The smallest absolute Gasteiger partial charge is 0.408 e. The van der Waals surface area contributed by atoms with Crippen molar-refractivity contribution in [3.8, 4) is 0 Å². The number of ether oxygens (including phenoxy) is 1. The van der Waals surface area contributed by atoms with Crippen LogP contribution in [0.3, 0.4) is 0 Å². The van der Waals surface area contributed by atoms with Crippen LogP contribution in [0.1, 0.15) is 55.5 Å². The van der Waals surface area contributed by atoms with Gasteiger partial charge in [0.1, 0.15) is 17.7 Å². The maximum absolute atomic E-state index is 14.0. The third-order valence-electron chi connectivity index (χ3n) is 6.00. The van der Waals surface area contributed by atoms with Gasteiger partial charge in [0.25, 0.3) is 5.91 Å². The summed E-state index contributed by atoms with van der Waals surface area (Å²) < 4.78 is 5.40. The molecule has 0 saturated carbocycles. The van der Waals surface area contributed by atoms with Crippen LogP contribution in [0.5, 0.6) is 0 Å². The van der Waals surface area contributed by atoms with E-state index in [0.717, 1.165) is 16.7 Å². The molecule has 0 aliphatic carbocycles. The fourth-order valence-electron chi connectivity index (χ4n) is 4.16. The molecule has 2 atom stereocenters. The van der Waals surface area contributed by atoms with Crippen LogP contribution in [0.2, 0.25) is 0 Å². The van der Waals surface area contributed by atoms with Crippen molar-refractivity contribution in [3.63, 3.8) is 0 Å². The highest BCUT2D eigenvalue weighted by atomic mass is 32.2. The molecular weight excluding hydrogens is 502 g/mol. The summed E-state index contributed by atoms with van der Waals surface area (Å²) >= 11 is 1.54. The lowest BCUT2D eigenvalue weighted by atomic mass is 9.97. The molecule has 208 valence electrons. The number of thioether (sulfide) groups is 1. The maximum atomic E-state index is 14.0. The molecule has 9 heteroatoms. The van der Waals surface area contributed by atoms with Crippen LogP contribution in [0.25, 0.3) is 0 Å². The van der Waals surface area contributed by atoms with E-state index >= 15 is 0 Å². The van der Waals surface area contributed by atoms with Gasteiger partial charge in [-0.1, -0.05) is 42.5 Å². The van der Waals surface area contributed by atoms with Crippen molar-refractivity contribution in [1.29, 1.82) is 0 Å². The molecule has 0 radical (unpaired) electrons. The van der Waals surface area contributed by atoms with E-state index in [4.69, 9.17) is 4.74 Å². The van der Waals surface area contributed by atoms with Gasteiger partial charge < -0.3 is 25.4 Å². The minimum atomic E-state index is -1.04. The number of hydrogen-bond donors (Lipinski definition) is 3. The van der Waals surface area contributed by atoms with Crippen LogP contribution in [0, 0.1) is 20.8 Å². The largest absolute Gasteiger partial charge is 0.444 e. The van der Waals surface area contributed by atoms with Gasteiger partial charge in [-0.25, -0.2) is 4.79 Å². The normalized spacial score (nSPS) is 12.8. The highest BCUT2D eigenvalue weighted by Crippen LogP contribution is 2.29. The molecule has 2 unspecified atom stereocenters. The average molecular weight is 544 g/mol. The van der Waals surface area contributed by atoms with Crippen LogP contribution in [0.4, 0.5) is 10.5 Å². The topological polar surface area (TPSA) is 108 Å². The molecule has 0 saturated heterocycles. The summed E-state index contributed by atoms with van der Waals surface area (Å²) in [6.45, 7) is 10.5. The third-order valence-corrected chi connectivity index (χ3v) is 6.64. The fraction of sp³-hybridized carbons (Fsp3) is 0.483. The summed E-state index contributed by atoms with van der Waals surface area (Å²) in [4.78, 5) is 41.9. The Morgan fingerprint density at radius 3 is 2.16 bits per heavy atom. The first kappa shape index (κ1) is 31.2. The molecule has 0 aliphatic heterocycles. The molecule has 0 spiro atoms. The number of nitrogens with zero attached hydrogens (tertiary/aromatic N) is 1. The van der Waals surface area contributed by atoms with E-state index in [2.05, 4.69) is 10.6 Å². The quantitative estimate of drug-likeness (QED) is 0.377. The van der Waals surface area contributed by atoms with Gasteiger partial charge in [-0.2, -0.15) is 11.8 Å². The molecule has 3 N–H and O–H groups in total. The number of aliphatic hydroxyl groups is 1. The molecule has 0 heterocycles. The van der Waals surface area contributed by atoms with Crippen molar-refractivity contribution in [2.75, 3.05) is 30.5 Å². The highest BCUT2D eigenvalue weighted by Gasteiger charge is 2.36. The van der Waals surface area contributed by atoms with Crippen LogP contribution < -0.4 is 10.6 Å². The molecule has 0 bridgehead atoms. The SMILES string of the molecule is CSCCC(NC(=O)OC(C)(C)C)C(=O)N(CCO)C(C(=O)Nc1c(C)cccc1C)c1ccccc1C. The van der Waals surface area contributed by atoms with Crippen LogP contribution in [-0.4, -0.2) is 64.7 Å². The summed E-state index contributed by atoms with van der Waals surface area (Å²) in [6, 6.07) is 11.1. The number of benzene rings is 2. The lowest BCUT2D eigenvalue weighted by Crippen LogP contribution is -2.53. The molecule has 2 aromatic carbocycles. The lowest BCUT2D eigenvalue weighted by Gasteiger charge is -2.35. The first-order chi connectivity index (χ1) is 17.9. The number of aryl methyl sites for hydroxylation is 3. The zero-order valence-electron chi connectivity index (χ0n) is 23.5. The van der Waals surface area contributed by atoms with Crippen molar-refractivity contribution in [3.05, 3.63) is 64.7 Å². The number of alkyl carbamates (subject to hydrolysis) is 1. The van der Waals surface area contributed by atoms with Gasteiger partial charge in [-0.15, -0.1) is 0 Å². The van der Waals surface area contributed by atoms with E-state index in [1.165, 1.54) is 16.7 Å². The Morgan fingerprint density at radius 1 is 1.00 bits per heavy atom. The molecule has 0 aliphatic rings. The summed E-state index contributed by atoms with van der Waals surface area (Å²) in [5, 5.41) is 15.7. The molecule has 0 fully saturated rings. The van der Waals surface area contributed by atoms with Crippen molar-refractivity contribution in [2.24, 2.45) is 0 Å². The molecular formula is C29H41N3O5S. The minimum Gasteiger partial charge on any atom is -0.444 e. The number of para-hydroxylation sites is 1. The number of amides is 3. The predicted octanol–water partition coefficient (Wildman–Crippen LogP) is 4.76. The highest BCUT2D eigenvalue weighted by molar-refractivity contribution is 7.98. The third kappa shape index (κ3) is 8.77. The fourth-order valence-corrected chi connectivity index (χ4v) is 4.64. The second-order valence-electron chi connectivity index (χ2n) is 10.3. The second kappa shape index (κ2) is 14.2. The first-order valence-electron chi connectivity index (χ1n) is 12.7. The standard InChI is InChI=1S/C29H41N3O5S/c1-19-11-8-9-14-22(19)25(26(34)31-24-20(2)12-10-13-21(24)3)32(16-17-33)27(35)23(15-18-38-7)30-28(36)37-29(4,5)6/h8-14,23,25,33H,15-18H2,1-7H3,(H,30,36)(H,31,34). The predicted molar refractivity (Wildman–Crippen MR) is 153 cm³/mol. The van der Waals surface area contributed by atoms with Crippen molar-refractivity contribution in [1.82, 2.24) is 10.2 Å². The van der Waals surface area contributed by atoms with Crippen molar-refractivity contribution < 1.29 is 24.2 Å². The van der Waals surface area contributed by atoms with Gasteiger partial charge >= 0.3 is 6.09 Å². The molecule has 38 heavy (non-hydrogen) atoms. The molecule has 2 aromatic rings. The lowest BCUT2D eigenvalue weighted by molar-refractivity contribution is -0.141. The summed E-state index contributed by atoms with van der Waals surface area (Å²) in [7, 11) is 0. The summed E-state index contributed by atoms with van der Waals surface area (Å²) in [5.74, 6) is -0.272. The number of carbonyl (C=O) groups is 3. The van der Waals surface area contributed by atoms with Gasteiger partial charge in [0.15, 0.2) is 0 Å². The molecule has 0 aromatic heterocycles. The van der Waals surface area contributed by atoms with E-state index in [1.807, 2.05) is 63.4 Å². The molecule has 2 rings (SSSR count). The minimum absolute atomic E-state index is 0.0935. The van der Waals surface area contributed by atoms with Crippen molar-refractivity contribution in [2.45, 2.75) is 65.6 Å². The van der Waals surface area contributed by atoms with Gasteiger partial charge in [-0.05, 0) is 82.2 Å². The Morgan fingerprint density at radius 2 is 1.61 bits per heavy atom. The van der Waals surface area contributed by atoms with Crippen LogP contribution in [0.15, 0.2) is 42.5 Å². The Kier molecular flexibility index (Phi) is 11.7. The second-order valence-corrected chi connectivity index (χ2v) is 11.2. The molecule has 3 amide bonds. The average Bonchev–Trinajstić information content (AvgIpc) is 2.83. The summed E-state index contributed by atoms with van der Waals surface area (Å²) in [6.07, 6.45) is 1.53. The maximum Gasteiger partial charge on any atom is 0.408 e. The Hall–Kier alpha value is -3.04. The van der Waals surface area contributed by atoms with E-state index in [1.54, 1.807) is 26.8 Å². The number of carbonyl (C=O) groups excluding carboxylic acids is 3. The Balaban J connectivity index is 2.53. The number of anilines is 1. The van der Waals surface area contributed by atoms with Gasteiger partial charge in [0.05, 0.1) is 6.61 Å². The number of hydrogen-bond acceptors (Lipinski definition) is 6. The Labute approximate surface area is 230 Å². The number of rotatable bonds is 11. The first-order valence-corrected chi connectivity index (χ1v) is 14.1. The van der Waals surface area contributed by atoms with Crippen LogP contribution in [-0.2, 0) is 14.3 Å². The van der Waals surface area contributed by atoms with Crippen molar-refractivity contribution >= 4 is 35.4 Å². The Bertz CT molecular complexity index is 1100. The molecule has 8 nitrogen and oxygen atoms in total. The van der Waals surface area contributed by atoms with E-state index in [-0.39, 0.29) is 13.2 Å².